The quantitative estimate of drug-likeness (QED) is 0.740. The van der Waals surface area contributed by atoms with E-state index in [0.717, 1.165) is 38.3 Å². The van der Waals surface area contributed by atoms with E-state index < -0.39 is 0 Å². The normalized spacial score (nSPS) is 15.1. The van der Waals surface area contributed by atoms with Gasteiger partial charge in [-0.15, -0.1) is 0 Å². The Morgan fingerprint density at radius 2 is 2.16 bits per heavy atom. The second-order valence-corrected chi connectivity index (χ2v) is 6.49. The molecule has 0 unspecified atom stereocenters. The van der Waals surface area contributed by atoms with Crippen molar-refractivity contribution in [3.8, 4) is 6.07 Å². The molecule has 2 aromatic heterocycles. The molecule has 0 amide bonds. The van der Waals surface area contributed by atoms with Gasteiger partial charge in [-0.2, -0.15) is 10.4 Å². The van der Waals surface area contributed by atoms with Crippen LogP contribution in [0, 0.1) is 17.2 Å². The van der Waals surface area contributed by atoms with Crippen LogP contribution >= 0.6 is 0 Å². The van der Waals surface area contributed by atoms with Gasteiger partial charge in [0.1, 0.15) is 6.07 Å². The van der Waals surface area contributed by atoms with Gasteiger partial charge in [0.2, 0.25) is 0 Å². The predicted molar refractivity (Wildman–Crippen MR) is 94.7 cm³/mol. The average Bonchev–Trinajstić information content (AvgIpc) is 3.10. The lowest BCUT2D eigenvalue weighted by molar-refractivity contribution is 0.0699. The zero-order chi connectivity index (χ0) is 17.6. The van der Waals surface area contributed by atoms with E-state index in [1.165, 1.54) is 0 Å². The van der Waals surface area contributed by atoms with Crippen LogP contribution in [-0.2, 0) is 4.74 Å². The highest BCUT2D eigenvalue weighted by Gasteiger charge is 2.15. The minimum Gasteiger partial charge on any atom is -0.381 e. The van der Waals surface area contributed by atoms with Gasteiger partial charge in [0.15, 0.2) is 23.1 Å². The molecule has 0 bridgehead atoms. The molecule has 8 heteroatoms. The van der Waals surface area contributed by atoms with Crippen molar-refractivity contribution in [2.24, 2.45) is 5.92 Å². The molecule has 0 aromatic carbocycles. The van der Waals surface area contributed by atoms with Crippen LogP contribution < -0.4 is 10.6 Å². The summed E-state index contributed by atoms with van der Waals surface area (Å²) < 4.78 is 5.37. The molecule has 3 heterocycles. The number of nitrogens with zero attached hydrogens (tertiary/aromatic N) is 4. The summed E-state index contributed by atoms with van der Waals surface area (Å²) in [5.41, 5.74) is 1.34. The minimum atomic E-state index is 0.294. The monoisotopic (exact) mass is 341 g/mol. The number of nitrogens with one attached hydrogen (secondary N) is 3. The summed E-state index contributed by atoms with van der Waals surface area (Å²) in [5.74, 6) is 2.62. The third-order valence-corrected chi connectivity index (χ3v) is 4.25. The summed E-state index contributed by atoms with van der Waals surface area (Å²) in [4.78, 5) is 8.67. The first-order valence-corrected chi connectivity index (χ1v) is 8.56. The Labute approximate surface area is 147 Å². The molecule has 3 rings (SSSR count). The first-order valence-electron chi connectivity index (χ1n) is 8.56. The smallest absolute Gasteiger partial charge is 0.183 e. The topological polar surface area (TPSA) is 112 Å². The number of hydrogen-bond donors (Lipinski definition) is 3. The number of aromatic amines is 1. The van der Waals surface area contributed by atoms with Crippen LogP contribution in [0.4, 0.5) is 17.5 Å². The minimum absolute atomic E-state index is 0.294. The van der Waals surface area contributed by atoms with Crippen LogP contribution in [0.1, 0.15) is 44.0 Å². The Balaban J connectivity index is 1.69. The third kappa shape index (κ3) is 4.45. The van der Waals surface area contributed by atoms with Crippen molar-refractivity contribution in [2.75, 3.05) is 30.4 Å². The van der Waals surface area contributed by atoms with Crippen LogP contribution in [0.25, 0.3) is 0 Å². The van der Waals surface area contributed by atoms with Gasteiger partial charge >= 0.3 is 0 Å². The standard InChI is InChI=1S/C17H23N7O/c1-11(2)13-7-15(24-23-13)21-16-10-19-14(8-18)17(22-16)20-9-12-3-5-25-6-4-12/h7,10-12H,3-6,9H2,1-2H3,(H3,20,21,22,23,24). The first kappa shape index (κ1) is 17.2. The van der Waals surface area contributed by atoms with Crippen molar-refractivity contribution in [1.29, 1.82) is 5.26 Å². The van der Waals surface area contributed by atoms with E-state index in [0.29, 0.717) is 35.0 Å². The predicted octanol–water partition coefficient (Wildman–Crippen LogP) is 2.78. The molecule has 1 saturated heterocycles. The van der Waals surface area contributed by atoms with Gasteiger partial charge in [-0.25, -0.2) is 9.97 Å². The molecule has 1 aliphatic heterocycles. The number of aromatic nitrogens is 4. The van der Waals surface area contributed by atoms with Crippen LogP contribution in [-0.4, -0.2) is 39.9 Å². The maximum Gasteiger partial charge on any atom is 0.183 e. The first-order chi connectivity index (χ1) is 12.2. The number of rotatable bonds is 6. The third-order valence-electron chi connectivity index (χ3n) is 4.25. The van der Waals surface area contributed by atoms with Crippen LogP contribution in [0.15, 0.2) is 12.3 Å². The fourth-order valence-corrected chi connectivity index (χ4v) is 2.67. The Kier molecular flexibility index (Phi) is 5.46. The van der Waals surface area contributed by atoms with E-state index in [1.54, 1.807) is 6.20 Å². The Morgan fingerprint density at radius 3 is 2.84 bits per heavy atom. The van der Waals surface area contributed by atoms with E-state index >= 15 is 0 Å². The summed E-state index contributed by atoms with van der Waals surface area (Å²) in [7, 11) is 0. The molecule has 0 aliphatic carbocycles. The summed E-state index contributed by atoms with van der Waals surface area (Å²) in [6, 6.07) is 4.03. The van der Waals surface area contributed by atoms with Gasteiger partial charge in [-0.1, -0.05) is 13.8 Å². The molecule has 0 atom stereocenters. The van der Waals surface area contributed by atoms with E-state index in [4.69, 9.17) is 4.74 Å². The fraction of sp³-hybridized carbons (Fsp3) is 0.529. The molecule has 2 aromatic rings. The Morgan fingerprint density at radius 1 is 1.36 bits per heavy atom. The van der Waals surface area contributed by atoms with Crippen molar-refractivity contribution in [1.82, 2.24) is 20.2 Å². The molecule has 132 valence electrons. The van der Waals surface area contributed by atoms with E-state index in [9.17, 15) is 5.26 Å². The molecule has 3 N–H and O–H groups in total. The molecule has 8 nitrogen and oxygen atoms in total. The van der Waals surface area contributed by atoms with Crippen LogP contribution in [0.2, 0.25) is 0 Å². The summed E-state index contributed by atoms with van der Waals surface area (Å²) >= 11 is 0. The second-order valence-electron chi connectivity index (χ2n) is 6.49. The zero-order valence-corrected chi connectivity index (χ0v) is 14.5. The van der Waals surface area contributed by atoms with Crippen molar-refractivity contribution in [3.63, 3.8) is 0 Å². The largest absolute Gasteiger partial charge is 0.381 e. The Hall–Kier alpha value is -2.66. The van der Waals surface area contributed by atoms with Crippen LogP contribution in [0.3, 0.4) is 0 Å². The van der Waals surface area contributed by atoms with Crippen LogP contribution in [0.5, 0.6) is 0 Å². The molecule has 0 radical (unpaired) electrons. The molecule has 25 heavy (non-hydrogen) atoms. The van der Waals surface area contributed by atoms with E-state index in [2.05, 4.69) is 50.7 Å². The molecular formula is C17H23N7O. The van der Waals surface area contributed by atoms with Crippen molar-refractivity contribution in [2.45, 2.75) is 32.6 Å². The lowest BCUT2D eigenvalue weighted by Crippen LogP contribution is -2.23. The maximum absolute atomic E-state index is 9.25. The molecule has 1 aliphatic rings. The highest BCUT2D eigenvalue weighted by molar-refractivity contribution is 5.57. The summed E-state index contributed by atoms with van der Waals surface area (Å²) in [5, 5.41) is 22.8. The van der Waals surface area contributed by atoms with Gasteiger partial charge in [0, 0.05) is 31.5 Å². The number of ether oxygens (including phenoxy) is 1. The summed E-state index contributed by atoms with van der Waals surface area (Å²) in [6.07, 6.45) is 3.58. The fourth-order valence-electron chi connectivity index (χ4n) is 2.67. The lowest BCUT2D eigenvalue weighted by atomic mass is 10.0. The van der Waals surface area contributed by atoms with Gasteiger partial charge in [-0.05, 0) is 24.7 Å². The zero-order valence-electron chi connectivity index (χ0n) is 14.5. The number of anilines is 3. The van der Waals surface area contributed by atoms with Crippen molar-refractivity contribution in [3.05, 3.63) is 23.7 Å². The van der Waals surface area contributed by atoms with E-state index in [-0.39, 0.29) is 0 Å². The molecule has 0 spiro atoms. The number of nitriles is 1. The number of hydrogen-bond acceptors (Lipinski definition) is 7. The maximum atomic E-state index is 9.25. The van der Waals surface area contributed by atoms with Crippen molar-refractivity contribution < 1.29 is 4.74 Å². The van der Waals surface area contributed by atoms with Gasteiger partial charge in [-0.3, -0.25) is 5.10 Å². The second kappa shape index (κ2) is 7.94. The molecule has 1 fully saturated rings. The average molecular weight is 341 g/mol. The van der Waals surface area contributed by atoms with Gasteiger partial charge in [0.25, 0.3) is 0 Å². The number of H-pyrrole nitrogens is 1. The molecule has 0 saturated carbocycles. The lowest BCUT2D eigenvalue weighted by Gasteiger charge is -2.22. The summed E-state index contributed by atoms with van der Waals surface area (Å²) in [6.45, 7) is 6.54. The van der Waals surface area contributed by atoms with Gasteiger partial charge in [0.05, 0.1) is 6.20 Å². The SMILES string of the molecule is CC(C)c1cc(Nc2cnc(C#N)c(NCC3CCOCC3)n2)n[nH]1. The van der Waals surface area contributed by atoms with Crippen molar-refractivity contribution >= 4 is 17.5 Å². The Bertz CT molecular complexity index is 744. The highest BCUT2D eigenvalue weighted by Crippen LogP contribution is 2.21. The van der Waals surface area contributed by atoms with E-state index in [1.807, 2.05) is 6.07 Å². The molecular weight excluding hydrogens is 318 g/mol. The highest BCUT2D eigenvalue weighted by atomic mass is 16.5. The van der Waals surface area contributed by atoms with Gasteiger partial charge < -0.3 is 15.4 Å².